The van der Waals surface area contributed by atoms with Gasteiger partial charge in [-0.15, -0.1) is 0 Å². The lowest BCUT2D eigenvalue weighted by Gasteiger charge is -2.43. The van der Waals surface area contributed by atoms with Crippen molar-refractivity contribution in [1.82, 2.24) is 4.31 Å². The number of hydrogen-bond donors (Lipinski definition) is 0. The third-order valence-electron chi connectivity index (χ3n) is 4.98. The summed E-state index contributed by atoms with van der Waals surface area (Å²) in [5, 5.41) is 11.2. The predicted molar refractivity (Wildman–Crippen MR) is 86.9 cm³/mol. The first-order valence-electron chi connectivity index (χ1n) is 7.57. The number of sulfonamides is 1. The molecule has 0 aromatic heterocycles. The molecule has 0 radical (unpaired) electrons. The van der Waals surface area contributed by atoms with Crippen LogP contribution in [0.25, 0.3) is 0 Å². The Balaban J connectivity index is 2.16. The molecule has 1 saturated heterocycles. The van der Waals surface area contributed by atoms with E-state index in [1.54, 1.807) is 26.8 Å². The average Bonchev–Trinajstić information content (AvgIpc) is 2.81. The Hall–Kier alpha value is -2.06. The number of nitrogens with zero attached hydrogens (tertiary/aromatic N) is 2. The summed E-state index contributed by atoms with van der Waals surface area (Å²) in [4.78, 5) is 22.5. The standard InChI is InChI=1S/C16H18N2O5S/c1-10-8-14-16(2,3)15(19)9-12(10)17(14)24(22,23)13-7-5-4-6-11(13)18(20)21/h4-8,12,14H,9H2,1-3H3. The molecule has 0 saturated carbocycles. The van der Waals surface area contributed by atoms with E-state index >= 15 is 0 Å². The topological polar surface area (TPSA) is 97.6 Å². The Morgan fingerprint density at radius 1 is 1.29 bits per heavy atom. The van der Waals surface area contributed by atoms with Gasteiger partial charge in [-0.3, -0.25) is 14.9 Å². The van der Waals surface area contributed by atoms with Crippen LogP contribution in [0, 0.1) is 15.5 Å². The van der Waals surface area contributed by atoms with E-state index in [2.05, 4.69) is 0 Å². The van der Waals surface area contributed by atoms with Crippen LogP contribution in [-0.4, -0.2) is 35.5 Å². The van der Waals surface area contributed by atoms with E-state index in [0.717, 1.165) is 5.57 Å². The highest BCUT2D eigenvalue weighted by molar-refractivity contribution is 7.89. The summed E-state index contributed by atoms with van der Waals surface area (Å²) in [6.45, 7) is 5.22. The van der Waals surface area contributed by atoms with Gasteiger partial charge in [0.2, 0.25) is 0 Å². The van der Waals surface area contributed by atoms with Gasteiger partial charge in [0.05, 0.1) is 17.0 Å². The summed E-state index contributed by atoms with van der Waals surface area (Å²) in [7, 11) is -4.11. The molecule has 2 unspecified atom stereocenters. The summed E-state index contributed by atoms with van der Waals surface area (Å²) in [6.07, 6.45) is 1.88. The van der Waals surface area contributed by atoms with Crippen molar-refractivity contribution in [3.63, 3.8) is 0 Å². The Labute approximate surface area is 140 Å². The zero-order chi connectivity index (χ0) is 17.9. The van der Waals surface area contributed by atoms with Crippen LogP contribution in [0.1, 0.15) is 27.2 Å². The molecule has 24 heavy (non-hydrogen) atoms. The molecule has 1 aromatic carbocycles. The Kier molecular flexibility index (Phi) is 3.65. The predicted octanol–water partition coefficient (Wildman–Crippen LogP) is 2.28. The fourth-order valence-corrected chi connectivity index (χ4v) is 5.55. The number of ketones is 1. The average molecular weight is 350 g/mol. The van der Waals surface area contributed by atoms with Gasteiger partial charge in [-0.2, -0.15) is 4.31 Å². The Morgan fingerprint density at radius 3 is 2.54 bits per heavy atom. The molecule has 128 valence electrons. The van der Waals surface area contributed by atoms with Crippen LogP contribution in [0.3, 0.4) is 0 Å². The second-order valence-corrected chi connectivity index (χ2v) is 8.59. The lowest BCUT2D eigenvalue weighted by molar-refractivity contribution is -0.387. The third kappa shape index (κ3) is 2.21. The number of carbonyl (C=O) groups excluding carboxylic acids is 1. The monoisotopic (exact) mass is 350 g/mol. The minimum Gasteiger partial charge on any atom is -0.299 e. The number of carbonyl (C=O) groups is 1. The summed E-state index contributed by atoms with van der Waals surface area (Å²) in [6, 6.07) is 4.11. The van der Waals surface area contributed by atoms with Crippen molar-refractivity contribution in [3.05, 3.63) is 46.0 Å². The van der Waals surface area contributed by atoms with Gasteiger partial charge >= 0.3 is 0 Å². The number of rotatable bonds is 3. The molecule has 1 aromatic rings. The normalized spacial score (nSPS) is 26.3. The zero-order valence-electron chi connectivity index (χ0n) is 13.6. The molecule has 1 fully saturated rings. The molecule has 2 atom stereocenters. The van der Waals surface area contributed by atoms with E-state index in [-0.39, 0.29) is 17.1 Å². The molecule has 3 rings (SSSR count). The fourth-order valence-electron chi connectivity index (χ4n) is 3.47. The molecule has 0 amide bonds. The highest BCUT2D eigenvalue weighted by Crippen LogP contribution is 2.46. The van der Waals surface area contributed by atoms with Crippen LogP contribution in [0.15, 0.2) is 40.8 Å². The van der Waals surface area contributed by atoms with E-state index < -0.39 is 38.1 Å². The summed E-state index contributed by atoms with van der Waals surface area (Å²) < 4.78 is 27.7. The number of nitro groups is 1. The molecule has 7 nitrogen and oxygen atoms in total. The SMILES string of the molecule is CC1=CC2N(S(=O)(=O)c3ccccc3[N+](=O)[O-])C1CC(=O)C2(C)C. The van der Waals surface area contributed by atoms with Gasteiger partial charge in [0.1, 0.15) is 5.78 Å². The van der Waals surface area contributed by atoms with Crippen LogP contribution < -0.4 is 0 Å². The van der Waals surface area contributed by atoms with Crippen molar-refractivity contribution in [3.8, 4) is 0 Å². The minimum absolute atomic E-state index is 0.000360. The molecule has 2 bridgehead atoms. The van der Waals surface area contributed by atoms with Gasteiger partial charge in [-0.05, 0) is 13.0 Å². The van der Waals surface area contributed by atoms with E-state index in [1.165, 1.54) is 28.6 Å². The van der Waals surface area contributed by atoms with Gasteiger partial charge in [0.15, 0.2) is 4.90 Å². The lowest BCUT2D eigenvalue weighted by atomic mass is 9.77. The molecular weight excluding hydrogens is 332 g/mol. The molecule has 2 aliphatic heterocycles. The Morgan fingerprint density at radius 2 is 1.92 bits per heavy atom. The summed E-state index contributed by atoms with van der Waals surface area (Å²) >= 11 is 0. The largest absolute Gasteiger partial charge is 0.299 e. The van der Waals surface area contributed by atoms with Crippen LogP contribution in [0.4, 0.5) is 5.69 Å². The second kappa shape index (κ2) is 5.22. The first kappa shape index (κ1) is 16.8. The van der Waals surface area contributed by atoms with Crippen LogP contribution in [0.5, 0.6) is 0 Å². The number of benzene rings is 1. The molecule has 2 aliphatic rings. The maximum absolute atomic E-state index is 13.2. The molecule has 8 heteroatoms. The van der Waals surface area contributed by atoms with Gasteiger partial charge < -0.3 is 0 Å². The van der Waals surface area contributed by atoms with Crippen LogP contribution in [-0.2, 0) is 14.8 Å². The maximum Gasteiger partial charge on any atom is 0.289 e. The number of nitro benzene ring substituents is 1. The van der Waals surface area contributed by atoms with Crippen LogP contribution >= 0.6 is 0 Å². The number of Topliss-reactive ketones (excluding diaryl/α,β-unsaturated/α-hetero) is 1. The van der Waals surface area contributed by atoms with Crippen molar-refractivity contribution < 1.29 is 18.1 Å². The van der Waals surface area contributed by atoms with Gasteiger partial charge in [-0.1, -0.05) is 37.6 Å². The zero-order valence-corrected chi connectivity index (χ0v) is 14.4. The van der Waals surface area contributed by atoms with E-state index in [1.807, 2.05) is 0 Å². The van der Waals surface area contributed by atoms with Gasteiger partial charge in [0.25, 0.3) is 15.7 Å². The number of hydrogen-bond acceptors (Lipinski definition) is 5. The lowest BCUT2D eigenvalue weighted by Crippen LogP contribution is -2.56. The molecular formula is C16H18N2O5S. The maximum atomic E-state index is 13.2. The van der Waals surface area contributed by atoms with Crippen molar-refractivity contribution in [2.75, 3.05) is 0 Å². The van der Waals surface area contributed by atoms with Crippen molar-refractivity contribution in [2.24, 2.45) is 5.41 Å². The summed E-state index contributed by atoms with van der Waals surface area (Å²) in [5.74, 6) is -0.000360. The van der Waals surface area contributed by atoms with E-state index in [0.29, 0.717) is 0 Å². The van der Waals surface area contributed by atoms with Crippen molar-refractivity contribution in [1.29, 1.82) is 0 Å². The summed E-state index contributed by atoms with van der Waals surface area (Å²) in [5.41, 5.74) is -0.518. The first-order valence-corrected chi connectivity index (χ1v) is 9.01. The van der Waals surface area contributed by atoms with Crippen molar-refractivity contribution in [2.45, 2.75) is 44.2 Å². The molecule has 2 heterocycles. The van der Waals surface area contributed by atoms with Crippen LogP contribution in [0.2, 0.25) is 0 Å². The smallest absolute Gasteiger partial charge is 0.289 e. The molecule has 0 N–H and O–H groups in total. The molecule has 0 aliphatic carbocycles. The quantitative estimate of drug-likeness (QED) is 0.473. The minimum atomic E-state index is -4.11. The third-order valence-corrected chi connectivity index (χ3v) is 6.92. The highest BCUT2D eigenvalue weighted by Gasteiger charge is 2.55. The number of para-hydroxylation sites is 1. The van der Waals surface area contributed by atoms with Gasteiger partial charge in [-0.25, -0.2) is 8.42 Å². The van der Waals surface area contributed by atoms with Gasteiger partial charge in [0, 0.05) is 17.9 Å². The number of piperidine rings is 1. The first-order chi connectivity index (χ1) is 11.1. The highest BCUT2D eigenvalue weighted by atomic mass is 32.2. The fraction of sp³-hybridized carbons (Fsp3) is 0.438. The Bertz CT molecular complexity index is 872. The van der Waals surface area contributed by atoms with E-state index in [9.17, 15) is 23.3 Å². The number of fused-ring (bicyclic) bond motifs is 2. The second-order valence-electron chi connectivity index (χ2n) is 6.78. The molecule has 0 spiro atoms. The van der Waals surface area contributed by atoms with E-state index in [4.69, 9.17) is 0 Å². The van der Waals surface area contributed by atoms with Crippen molar-refractivity contribution >= 4 is 21.5 Å².